The number of hydrogen-bond donors (Lipinski definition) is 1. The van der Waals surface area contributed by atoms with Crippen LogP contribution < -0.4 is 0 Å². The first kappa shape index (κ1) is 14.2. The first-order valence-electron chi connectivity index (χ1n) is 5.16. The molecule has 0 aliphatic rings. The number of rotatable bonds is 1. The fourth-order valence-corrected chi connectivity index (χ4v) is 1.65. The van der Waals surface area contributed by atoms with Gasteiger partial charge in [0.25, 0.3) is 10.1 Å². The van der Waals surface area contributed by atoms with Crippen LogP contribution in [-0.4, -0.2) is 13.0 Å². The van der Waals surface area contributed by atoms with Crippen LogP contribution in [0, 0.1) is 6.92 Å². The van der Waals surface area contributed by atoms with Gasteiger partial charge in [-0.15, -0.1) is 0 Å². The van der Waals surface area contributed by atoms with Gasteiger partial charge in [-0.25, -0.2) is 0 Å². The van der Waals surface area contributed by atoms with Gasteiger partial charge in [0, 0.05) is 0 Å². The zero-order chi connectivity index (χ0) is 13.6. The van der Waals surface area contributed by atoms with E-state index in [9.17, 15) is 13.5 Å². The van der Waals surface area contributed by atoms with Gasteiger partial charge in [0.1, 0.15) is 0 Å². The Morgan fingerprint density at radius 2 is 1.39 bits per heavy atom. The van der Waals surface area contributed by atoms with Crippen molar-refractivity contribution in [3.63, 3.8) is 0 Å². The van der Waals surface area contributed by atoms with Gasteiger partial charge in [0.05, 0.1) is 4.90 Å². The first-order valence-corrected chi connectivity index (χ1v) is 6.60. The van der Waals surface area contributed by atoms with Crippen molar-refractivity contribution in [2.24, 2.45) is 0 Å². The molecular formula is C13H13O4S. The zero-order valence-electron chi connectivity index (χ0n) is 9.78. The third-order valence-corrected chi connectivity index (χ3v) is 3.00. The summed E-state index contributed by atoms with van der Waals surface area (Å²) in [6.07, 6.45) is 0. The second-order valence-electron chi connectivity index (χ2n) is 3.55. The fraction of sp³-hybridized carbons (Fsp3) is 0.0769. The highest BCUT2D eigenvalue weighted by molar-refractivity contribution is 7.85. The second-order valence-corrected chi connectivity index (χ2v) is 4.98. The first-order chi connectivity index (χ1) is 8.41. The number of benzene rings is 2. The van der Waals surface area contributed by atoms with Crippen molar-refractivity contribution in [2.75, 3.05) is 0 Å². The van der Waals surface area contributed by atoms with E-state index >= 15 is 0 Å². The third-order valence-electron chi connectivity index (χ3n) is 2.13. The summed E-state index contributed by atoms with van der Waals surface area (Å²) in [5, 5.41) is 10.6. The molecule has 0 aliphatic carbocycles. The Bertz CT molecular complexity index is 570. The van der Waals surface area contributed by atoms with E-state index in [1.165, 1.54) is 12.1 Å². The zero-order valence-corrected chi connectivity index (χ0v) is 10.6. The molecule has 0 bridgehead atoms. The summed E-state index contributed by atoms with van der Waals surface area (Å²) in [5.41, 5.74) is 0.813. The summed E-state index contributed by atoms with van der Waals surface area (Å²) in [7, 11) is -4.00. The quantitative estimate of drug-likeness (QED) is 0.805. The van der Waals surface area contributed by atoms with Gasteiger partial charge in [-0.1, -0.05) is 36.4 Å². The van der Waals surface area contributed by atoms with Gasteiger partial charge in [-0.3, -0.25) is 9.66 Å². The van der Waals surface area contributed by atoms with Crippen LogP contribution >= 0.6 is 0 Å². The average molecular weight is 265 g/mol. The van der Waals surface area contributed by atoms with E-state index in [1.807, 2.05) is 19.1 Å². The van der Waals surface area contributed by atoms with Crippen LogP contribution in [0.3, 0.4) is 0 Å². The predicted octanol–water partition coefficient (Wildman–Crippen LogP) is 3.07. The topological polar surface area (TPSA) is 74.3 Å². The minimum absolute atomic E-state index is 0.0741. The summed E-state index contributed by atoms with van der Waals surface area (Å²) in [5.74, 6) is 0.118. The minimum atomic E-state index is -4.00. The maximum Gasteiger partial charge on any atom is 0.294 e. The van der Waals surface area contributed by atoms with Crippen LogP contribution in [-0.2, 0) is 15.2 Å². The Morgan fingerprint density at radius 1 is 0.889 bits per heavy atom. The minimum Gasteiger partial charge on any atom is -0.290 e. The summed E-state index contributed by atoms with van der Waals surface area (Å²) >= 11 is 0. The Labute approximate surface area is 106 Å². The maximum atomic E-state index is 10.6. The Kier molecular flexibility index (Phi) is 4.88. The molecule has 0 fully saturated rings. The third kappa shape index (κ3) is 4.57. The van der Waals surface area contributed by atoms with Gasteiger partial charge in [-0.2, -0.15) is 8.42 Å². The van der Waals surface area contributed by atoms with Crippen molar-refractivity contribution in [1.29, 1.82) is 0 Å². The lowest BCUT2D eigenvalue weighted by Gasteiger charge is -1.92. The van der Waals surface area contributed by atoms with Crippen molar-refractivity contribution in [3.05, 3.63) is 60.2 Å². The molecule has 5 heteroatoms. The normalized spacial score (nSPS) is 10.3. The van der Waals surface area contributed by atoms with E-state index in [2.05, 4.69) is 0 Å². The lowest BCUT2D eigenvalue weighted by atomic mass is 10.2. The largest absolute Gasteiger partial charge is 0.294 e. The molecule has 2 aromatic carbocycles. The smallest absolute Gasteiger partial charge is 0.290 e. The predicted molar refractivity (Wildman–Crippen MR) is 67.6 cm³/mol. The van der Waals surface area contributed by atoms with E-state index in [0.717, 1.165) is 5.56 Å². The highest BCUT2D eigenvalue weighted by atomic mass is 32.2. The summed E-state index contributed by atoms with van der Waals surface area (Å²) in [6, 6.07) is 14.4. The molecular weight excluding hydrogens is 252 g/mol. The van der Waals surface area contributed by atoms with Gasteiger partial charge in [0.2, 0.25) is 0 Å². The molecule has 1 radical (unpaired) electrons. The average Bonchev–Trinajstić information content (AvgIpc) is 2.34. The molecule has 2 aromatic rings. The summed E-state index contributed by atoms with van der Waals surface area (Å²) < 4.78 is 29.2. The molecule has 4 nitrogen and oxygen atoms in total. The molecule has 0 atom stereocenters. The highest BCUT2D eigenvalue weighted by Gasteiger charge is 2.05. The SMILES string of the molecule is Cc1ccccc1[O].O=S(=O)(O)c1ccccc1. The molecule has 0 saturated carbocycles. The van der Waals surface area contributed by atoms with Crippen molar-refractivity contribution < 1.29 is 18.1 Å². The Balaban J connectivity index is 0.000000184. The molecule has 0 amide bonds. The summed E-state index contributed by atoms with van der Waals surface area (Å²) in [4.78, 5) is -0.0741. The van der Waals surface area contributed by atoms with Gasteiger partial charge < -0.3 is 0 Å². The standard InChI is InChI=1S/C7H7O.C6H6O3S/c1-6-4-2-3-5-7(6)8;7-10(8,9)6-4-2-1-3-5-6/h2-5H,1H3;1-5H,(H,7,8,9). The van der Waals surface area contributed by atoms with Crippen molar-refractivity contribution >= 4 is 10.1 Å². The van der Waals surface area contributed by atoms with Crippen LogP contribution in [0.1, 0.15) is 5.56 Å². The maximum absolute atomic E-state index is 10.6. The molecule has 0 saturated heterocycles. The molecule has 1 N–H and O–H groups in total. The molecule has 18 heavy (non-hydrogen) atoms. The van der Waals surface area contributed by atoms with E-state index in [0.29, 0.717) is 0 Å². The van der Waals surface area contributed by atoms with Crippen LogP contribution in [0.2, 0.25) is 0 Å². The van der Waals surface area contributed by atoms with Crippen molar-refractivity contribution in [2.45, 2.75) is 11.8 Å². The monoisotopic (exact) mass is 265 g/mol. The fourth-order valence-electron chi connectivity index (χ4n) is 1.15. The van der Waals surface area contributed by atoms with Gasteiger partial charge >= 0.3 is 0 Å². The van der Waals surface area contributed by atoms with E-state index in [1.54, 1.807) is 30.3 Å². The molecule has 0 spiro atoms. The summed E-state index contributed by atoms with van der Waals surface area (Å²) in [6.45, 7) is 1.81. The molecule has 0 aliphatic heterocycles. The molecule has 0 aromatic heterocycles. The van der Waals surface area contributed by atoms with Crippen LogP contribution in [0.4, 0.5) is 0 Å². The van der Waals surface area contributed by atoms with E-state index in [-0.39, 0.29) is 10.6 Å². The van der Waals surface area contributed by atoms with Crippen molar-refractivity contribution in [1.82, 2.24) is 0 Å². The van der Waals surface area contributed by atoms with Gasteiger partial charge in [0.15, 0.2) is 5.75 Å². The number of hydrogen-bond acceptors (Lipinski definition) is 2. The van der Waals surface area contributed by atoms with Crippen LogP contribution in [0.5, 0.6) is 5.75 Å². The Hall–Kier alpha value is -1.85. The van der Waals surface area contributed by atoms with E-state index < -0.39 is 10.1 Å². The molecule has 0 unspecified atom stereocenters. The molecule has 95 valence electrons. The second kappa shape index (κ2) is 6.18. The molecule has 0 heterocycles. The Morgan fingerprint density at radius 3 is 1.72 bits per heavy atom. The molecule has 2 rings (SSSR count). The number of para-hydroxylation sites is 1. The van der Waals surface area contributed by atoms with Crippen molar-refractivity contribution in [3.8, 4) is 5.75 Å². The van der Waals surface area contributed by atoms with Gasteiger partial charge in [-0.05, 0) is 30.7 Å². The lowest BCUT2D eigenvalue weighted by Crippen LogP contribution is -1.96. The number of aryl methyl sites for hydroxylation is 1. The van der Waals surface area contributed by atoms with Crippen LogP contribution in [0.15, 0.2) is 59.5 Å². The van der Waals surface area contributed by atoms with Crippen LogP contribution in [0.25, 0.3) is 0 Å². The highest BCUT2D eigenvalue weighted by Crippen LogP contribution is 2.13. The van der Waals surface area contributed by atoms with E-state index in [4.69, 9.17) is 4.55 Å². The lowest BCUT2D eigenvalue weighted by molar-refractivity contribution is 0.352.